The summed E-state index contributed by atoms with van der Waals surface area (Å²) in [4.78, 5) is 13.4. The third-order valence-corrected chi connectivity index (χ3v) is 5.10. The smallest absolute Gasteiger partial charge is 0.202 e. The largest absolute Gasteiger partial charge is 0.340 e. The average molecular weight is 319 g/mol. The summed E-state index contributed by atoms with van der Waals surface area (Å²) in [6.07, 6.45) is 1.09. The molecule has 4 aromatic rings. The molecule has 2 aromatic heterocycles. The Morgan fingerprint density at radius 3 is 2.61 bits per heavy atom. The number of fused-ring (bicyclic) bond motifs is 3. The van der Waals surface area contributed by atoms with Crippen molar-refractivity contribution in [2.75, 3.05) is 0 Å². The molecule has 0 atom stereocenters. The molecule has 0 fully saturated rings. The van der Waals surface area contributed by atoms with E-state index < -0.39 is 0 Å². The molecule has 0 unspecified atom stereocenters. The lowest BCUT2D eigenvalue weighted by atomic mass is 10.1. The molecule has 2 aromatic carbocycles. The fourth-order valence-electron chi connectivity index (χ4n) is 3.21. The van der Waals surface area contributed by atoms with Crippen LogP contribution in [0.5, 0.6) is 0 Å². The van der Waals surface area contributed by atoms with Crippen LogP contribution >= 0.6 is 11.3 Å². The van der Waals surface area contributed by atoms with E-state index in [4.69, 9.17) is 0 Å². The van der Waals surface area contributed by atoms with Gasteiger partial charge in [-0.1, -0.05) is 31.2 Å². The number of thiophene rings is 1. The molecule has 0 aliphatic heterocycles. The molecule has 0 N–H and O–H groups in total. The molecule has 23 heavy (non-hydrogen) atoms. The summed E-state index contributed by atoms with van der Waals surface area (Å²) in [5.41, 5.74) is 3.21. The van der Waals surface area contributed by atoms with Crippen LogP contribution in [0.4, 0.5) is 0 Å². The maximum atomic E-state index is 12.6. The zero-order valence-electron chi connectivity index (χ0n) is 13.0. The molecule has 0 aliphatic carbocycles. The Bertz CT molecular complexity index is 995. The van der Waals surface area contributed by atoms with Crippen molar-refractivity contribution in [3.05, 3.63) is 70.4 Å². The summed E-state index contributed by atoms with van der Waals surface area (Å²) < 4.78 is 2.35. The third-order valence-electron chi connectivity index (χ3n) is 4.23. The third kappa shape index (κ3) is 2.28. The first kappa shape index (κ1) is 14.2. The number of para-hydroxylation sites is 1. The number of ketones is 1. The summed E-state index contributed by atoms with van der Waals surface area (Å²) in [6, 6.07) is 18.3. The highest BCUT2D eigenvalue weighted by atomic mass is 32.1. The van der Waals surface area contributed by atoms with E-state index in [1.165, 1.54) is 27.8 Å². The molecule has 4 rings (SSSR count). The molecular weight excluding hydrogens is 302 g/mol. The van der Waals surface area contributed by atoms with E-state index in [0.29, 0.717) is 0 Å². The summed E-state index contributed by atoms with van der Waals surface area (Å²) in [6.45, 7) is 3.18. The number of aromatic nitrogens is 1. The molecular formula is C20H17NOS. The molecule has 0 saturated carbocycles. The van der Waals surface area contributed by atoms with Gasteiger partial charge >= 0.3 is 0 Å². The molecule has 3 heteroatoms. The predicted octanol–water partition coefficient (Wildman–Crippen LogP) is 5.50. The fraction of sp³-hybridized carbons (Fsp3) is 0.150. The van der Waals surface area contributed by atoms with E-state index in [2.05, 4.69) is 41.8 Å². The van der Waals surface area contributed by atoms with Gasteiger partial charge in [-0.2, -0.15) is 0 Å². The second kappa shape index (κ2) is 5.67. The standard InChI is InChI=1S/C20H17NOS/c1-2-11-21-17-7-4-3-6-15(17)16-13-14(9-10-18(16)21)20(22)19-8-5-12-23-19/h3-10,12-13H,2,11H2,1H3. The normalized spacial score (nSPS) is 11.3. The van der Waals surface area contributed by atoms with E-state index in [1.54, 1.807) is 0 Å². The molecule has 0 spiro atoms. The van der Waals surface area contributed by atoms with Crippen LogP contribution in [0.1, 0.15) is 28.6 Å². The van der Waals surface area contributed by atoms with Crippen LogP contribution in [0.25, 0.3) is 21.8 Å². The van der Waals surface area contributed by atoms with Crippen molar-refractivity contribution in [2.24, 2.45) is 0 Å². The second-order valence-corrected chi connectivity index (χ2v) is 6.65. The van der Waals surface area contributed by atoms with Crippen molar-refractivity contribution in [2.45, 2.75) is 19.9 Å². The fourth-order valence-corrected chi connectivity index (χ4v) is 3.90. The SMILES string of the molecule is CCCn1c2ccccc2c2cc(C(=O)c3cccs3)ccc21. The van der Waals surface area contributed by atoms with Gasteiger partial charge in [0.2, 0.25) is 5.78 Å². The molecule has 2 nitrogen and oxygen atoms in total. The van der Waals surface area contributed by atoms with Crippen LogP contribution in [-0.2, 0) is 6.54 Å². The highest BCUT2D eigenvalue weighted by Crippen LogP contribution is 2.30. The monoisotopic (exact) mass is 319 g/mol. The number of hydrogen-bond donors (Lipinski definition) is 0. The van der Waals surface area contributed by atoms with Crippen molar-refractivity contribution >= 4 is 38.9 Å². The minimum atomic E-state index is 0.106. The topological polar surface area (TPSA) is 22.0 Å². The molecule has 2 heterocycles. The van der Waals surface area contributed by atoms with Crippen molar-refractivity contribution in [3.8, 4) is 0 Å². The van der Waals surface area contributed by atoms with Crippen LogP contribution in [0.3, 0.4) is 0 Å². The van der Waals surface area contributed by atoms with Crippen LogP contribution in [0.2, 0.25) is 0 Å². The molecule has 0 radical (unpaired) electrons. The summed E-state index contributed by atoms with van der Waals surface area (Å²) in [5, 5.41) is 4.33. The Balaban J connectivity index is 1.95. The Morgan fingerprint density at radius 2 is 1.83 bits per heavy atom. The van der Waals surface area contributed by atoms with E-state index in [-0.39, 0.29) is 5.78 Å². The van der Waals surface area contributed by atoms with Crippen molar-refractivity contribution in [3.63, 3.8) is 0 Å². The van der Waals surface area contributed by atoms with Crippen LogP contribution in [0, 0.1) is 0 Å². The summed E-state index contributed by atoms with van der Waals surface area (Å²) in [5.74, 6) is 0.106. The lowest BCUT2D eigenvalue weighted by molar-refractivity contribution is 0.104. The van der Waals surface area contributed by atoms with E-state index in [1.807, 2.05) is 29.6 Å². The van der Waals surface area contributed by atoms with E-state index in [0.717, 1.165) is 28.8 Å². The number of hydrogen-bond acceptors (Lipinski definition) is 2. The molecule has 0 saturated heterocycles. The lowest BCUT2D eigenvalue weighted by Gasteiger charge is -2.05. The summed E-state index contributed by atoms with van der Waals surface area (Å²) in [7, 11) is 0. The first-order valence-electron chi connectivity index (χ1n) is 7.89. The minimum Gasteiger partial charge on any atom is -0.340 e. The molecule has 0 amide bonds. The van der Waals surface area contributed by atoms with Gasteiger partial charge in [0.15, 0.2) is 0 Å². The maximum Gasteiger partial charge on any atom is 0.202 e. The van der Waals surface area contributed by atoms with Gasteiger partial charge in [-0.15, -0.1) is 11.3 Å². The van der Waals surface area contributed by atoms with Crippen LogP contribution < -0.4 is 0 Å². The van der Waals surface area contributed by atoms with Gasteiger partial charge < -0.3 is 4.57 Å². The van der Waals surface area contributed by atoms with E-state index in [9.17, 15) is 4.79 Å². The first-order valence-corrected chi connectivity index (χ1v) is 8.76. The van der Waals surface area contributed by atoms with Crippen molar-refractivity contribution in [1.82, 2.24) is 4.57 Å². The quantitative estimate of drug-likeness (QED) is 0.455. The number of aryl methyl sites for hydroxylation is 1. The number of benzene rings is 2. The van der Waals surface area contributed by atoms with Gasteiger partial charge in [0.05, 0.1) is 4.88 Å². The zero-order chi connectivity index (χ0) is 15.8. The van der Waals surface area contributed by atoms with Crippen molar-refractivity contribution < 1.29 is 4.79 Å². The molecule has 114 valence electrons. The van der Waals surface area contributed by atoms with Crippen LogP contribution in [-0.4, -0.2) is 10.4 Å². The number of rotatable bonds is 4. The Labute approximate surface area is 139 Å². The number of carbonyl (C=O) groups excluding carboxylic acids is 1. The lowest BCUT2D eigenvalue weighted by Crippen LogP contribution is -1.99. The average Bonchev–Trinajstić information content (AvgIpc) is 3.22. The Morgan fingerprint density at radius 1 is 1.00 bits per heavy atom. The van der Waals surface area contributed by atoms with Gasteiger partial charge in [-0.3, -0.25) is 4.79 Å². The molecule has 0 aliphatic rings. The van der Waals surface area contributed by atoms with E-state index >= 15 is 0 Å². The second-order valence-electron chi connectivity index (χ2n) is 5.71. The zero-order valence-corrected chi connectivity index (χ0v) is 13.8. The van der Waals surface area contributed by atoms with Gasteiger partial charge in [0, 0.05) is 33.9 Å². The number of nitrogens with zero attached hydrogens (tertiary/aromatic N) is 1. The minimum absolute atomic E-state index is 0.106. The van der Waals surface area contributed by atoms with Gasteiger partial charge in [0.25, 0.3) is 0 Å². The maximum absolute atomic E-state index is 12.6. The first-order chi connectivity index (χ1) is 11.3. The Kier molecular flexibility index (Phi) is 3.50. The Hall–Kier alpha value is -2.39. The van der Waals surface area contributed by atoms with Gasteiger partial charge in [0.1, 0.15) is 0 Å². The van der Waals surface area contributed by atoms with Crippen molar-refractivity contribution in [1.29, 1.82) is 0 Å². The predicted molar refractivity (Wildman–Crippen MR) is 97.5 cm³/mol. The number of carbonyl (C=O) groups is 1. The highest BCUT2D eigenvalue weighted by molar-refractivity contribution is 7.12. The molecule has 0 bridgehead atoms. The van der Waals surface area contributed by atoms with Gasteiger partial charge in [-0.25, -0.2) is 0 Å². The highest BCUT2D eigenvalue weighted by Gasteiger charge is 2.14. The summed E-state index contributed by atoms with van der Waals surface area (Å²) >= 11 is 1.49. The van der Waals surface area contributed by atoms with Gasteiger partial charge in [-0.05, 0) is 42.1 Å². The van der Waals surface area contributed by atoms with Crippen LogP contribution in [0.15, 0.2) is 60.0 Å².